The third-order valence-electron chi connectivity index (χ3n) is 1.74. The van der Waals surface area contributed by atoms with E-state index in [1.807, 2.05) is 13.8 Å². The van der Waals surface area contributed by atoms with E-state index >= 15 is 0 Å². The zero-order chi connectivity index (χ0) is 10.6. The first-order valence-electron chi connectivity index (χ1n) is 4.31. The van der Waals surface area contributed by atoms with Gasteiger partial charge in [0, 0.05) is 27.1 Å². The summed E-state index contributed by atoms with van der Waals surface area (Å²) in [6.07, 6.45) is 0. The number of amides is 2. The molecule has 0 bridgehead atoms. The third-order valence-corrected chi connectivity index (χ3v) is 1.74. The summed E-state index contributed by atoms with van der Waals surface area (Å²) in [4.78, 5) is 25.5. The number of hydrogen-bond donors (Lipinski definition) is 0. The van der Waals surface area contributed by atoms with Crippen molar-refractivity contribution in [2.75, 3.05) is 27.7 Å². The molecular weight excluding hydrogens is 168 g/mol. The van der Waals surface area contributed by atoms with Crippen molar-refractivity contribution < 1.29 is 9.59 Å². The molecule has 4 heteroatoms. The average Bonchev–Trinajstić information content (AvgIpc) is 2.02. The highest BCUT2D eigenvalue weighted by Crippen LogP contribution is 1.98. The molecule has 0 aliphatic heterocycles. The molecule has 0 aliphatic rings. The van der Waals surface area contributed by atoms with E-state index in [2.05, 4.69) is 0 Å². The van der Waals surface area contributed by atoms with Gasteiger partial charge in [0.25, 0.3) is 0 Å². The molecule has 0 aromatic rings. The van der Waals surface area contributed by atoms with Crippen LogP contribution in [0.2, 0.25) is 0 Å². The molecule has 0 aromatic heterocycles. The minimum absolute atomic E-state index is 0.00444. The maximum Gasteiger partial charge on any atom is 0.241 e. The molecule has 0 fully saturated rings. The zero-order valence-corrected chi connectivity index (χ0v) is 9.00. The third kappa shape index (κ3) is 3.92. The number of rotatable bonds is 3. The fraction of sp³-hybridized carbons (Fsp3) is 0.778. The number of likely N-dealkylation sites (N-methyl/N-ethyl adjacent to an activating group) is 2. The second kappa shape index (κ2) is 4.84. The second-order valence-corrected chi connectivity index (χ2v) is 3.64. The van der Waals surface area contributed by atoms with Crippen molar-refractivity contribution in [1.82, 2.24) is 9.80 Å². The van der Waals surface area contributed by atoms with Crippen LogP contribution in [0.3, 0.4) is 0 Å². The molecule has 0 saturated heterocycles. The Balaban J connectivity index is 4.08. The fourth-order valence-electron chi connectivity index (χ4n) is 0.863. The molecule has 0 unspecified atom stereocenters. The van der Waals surface area contributed by atoms with E-state index in [9.17, 15) is 9.59 Å². The van der Waals surface area contributed by atoms with Gasteiger partial charge in [-0.15, -0.1) is 0 Å². The Morgan fingerprint density at radius 3 is 1.92 bits per heavy atom. The highest BCUT2D eigenvalue weighted by atomic mass is 16.2. The van der Waals surface area contributed by atoms with Crippen LogP contribution in [0.4, 0.5) is 0 Å². The van der Waals surface area contributed by atoms with Crippen molar-refractivity contribution >= 4 is 11.8 Å². The summed E-state index contributed by atoms with van der Waals surface area (Å²) in [6, 6.07) is 0. The summed E-state index contributed by atoms with van der Waals surface area (Å²) < 4.78 is 0. The Hall–Kier alpha value is -1.06. The van der Waals surface area contributed by atoms with E-state index in [1.165, 1.54) is 9.80 Å². The molecule has 13 heavy (non-hydrogen) atoms. The summed E-state index contributed by atoms with van der Waals surface area (Å²) in [6.45, 7) is 3.79. The Labute approximate surface area is 79.5 Å². The predicted molar refractivity (Wildman–Crippen MR) is 51.2 cm³/mol. The number of carbonyl (C=O) groups is 2. The summed E-state index contributed by atoms with van der Waals surface area (Å²) in [5.41, 5.74) is 0. The van der Waals surface area contributed by atoms with Crippen LogP contribution in [0.25, 0.3) is 0 Å². The second-order valence-electron chi connectivity index (χ2n) is 3.64. The van der Waals surface area contributed by atoms with Gasteiger partial charge in [-0.2, -0.15) is 0 Å². The molecule has 0 aromatic carbocycles. The van der Waals surface area contributed by atoms with Crippen molar-refractivity contribution in [1.29, 1.82) is 0 Å². The van der Waals surface area contributed by atoms with Crippen LogP contribution in [0.5, 0.6) is 0 Å². The molecule has 2 amide bonds. The van der Waals surface area contributed by atoms with Gasteiger partial charge in [-0.1, -0.05) is 13.8 Å². The van der Waals surface area contributed by atoms with Gasteiger partial charge in [-0.05, 0) is 0 Å². The smallest absolute Gasteiger partial charge is 0.241 e. The molecule has 0 aliphatic carbocycles. The minimum atomic E-state index is -0.0588. The summed E-state index contributed by atoms with van der Waals surface area (Å²) in [7, 11) is 5.00. The number of carbonyl (C=O) groups excluding carboxylic acids is 2. The normalized spacial score (nSPS) is 10.0. The van der Waals surface area contributed by atoms with Crippen LogP contribution in [-0.2, 0) is 9.59 Å². The van der Waals surface area contributed by atoms with Crippen LogP contribution in [-0.4, -0.2) is 49.3 Å². The zero-order valence-electron chi connectivity index (χ0n) is 9.00. The lowest BCUT2D eigenvalue weighted by Crippen LogP contribution is -2.39. The van der Waals surface area contributed by atoms with Gasteiger partial charge >= 0.3 is 0 Å². The standard InChI is InChI=1S/C9H18N2O2/c1-7(2)9(13)11(5)6-8(12)10(3)4/h7H,6H2,1-5H3. The maximum atomic E-state index is 11.4. The van der Waals surface area contributed by atoms with Crippen molar-refractivity contribution in [3.63, 3.8) is 0 Å². The first-order chi connectivity index (χ1) is 5.86. The Bertz CT molecular complexity index is 200. The Kier molecular flexibility index (Phi) is 4.45. The van der Waals surface area contributed by atoms with E-state index in [0.717, 1.165) is 0 Å². The highest BCUT2D eigenvalue weighted by Gasteiger charge is 2.16. The molecule has 0 N–H and O–H groups in total. The van der Waals surface area contributed by atoms with Gasteiger partial charge in [0.05, 0.1) is 6.54 Å². The predicted octanol–water partition coefficient (Wildman–Crippen LogP) is 0.189. The van der Waals surface area contributed by atoms with Crippen LogP contribution in [0.15, 0.2) is 0 Å². The van der Waals surface area contributed by atoms with Gasteiger partial charge < -0.3 is 9.80 Å². The van der Waals surface area contributed by atoms with E-state index in [1.54, 1.807) is 21.1 Å². The van der Waals surface area contributed by atoms with Crippen molar-refractivity contribution in [2.24, 2.45) is 5.92 Å². The first-order valence-corrected chi connectivity index (χ1v) is 4.31. The molecule has 76 valence electrons. The molecule has 0 rings (SSSR count). The monoisotopic (exact) mass is 186 g/mol. The van der Waals surface area contributed by atoms with Crippen LogP contribution in [0.1, 0.15) is 13.8 Å². The Morgan fingerprint density at radius 2 is 1.62 bits per heavy atom. The van der Waals surface area contributed by atoms with E-state index in [0.29, 0.717) is 0 Å². The summed E-state index contributed by atoms with van der Waals surface area (Å²) in [5.74, 6) is -0.119. The minimum Gasteiger partial charge on any atom is -0.347 e. The van der Waals surface area contributed by atoms with Crippen molar-refractivity contribution in [3.8, 4) is 0 Å². The molecule has 0 radical (unpaired) electrons. The topological polar surface area (TPSA) is 40.6 Å². The molecule has 4 nitrogen and oxygen atoms in total. The molecule has 0 spiro atoms. The van der Waals surface area contributed by atoms with E-state index in [-0.39, 0.29) is 24.3 Å². The van der Waals surface area contributed by atoms with Gasteiger partial charge in [0.15, 0.2) is 0 Å². The largest absolute Gasteiger partial charge is 0.347 e. The lowest BCUT2D eigenvalue weighted by molar-refractivity contribution is -0.139. The quantitative estimate of drug-likeness (QED) is 0.631. The number of nitrogens with zero attached hydrogens (tertiary/aromatic N) is 2. The Morgan fingerprint density at radius 1 is 1.15 bits per heavy atom. The summed E-state index contributed by atoms with van der Waals surface area (Å²) >= 11 is 0. The van der Waals surface area contributed by atoms with Gasteiger partial charge in [0.2, 0.25) is 11.8 Å². The van der Waals surface area contributed by atoms with E-state index < -0.39 is 0 Å². The van der Waals surface area contributed by atoms with Gasteiger partial charge in [0.1, 0.15) is 0 Å². The molecule has 0 saturated carbocycles. The van der Waals surface area contributed by atoms with Crippen molar-refractivity contribution in [3.05, 3.63) is 0 Å². The van der Waals surface area contributed by atoms with Crippen LogP contribution >= 0.6 is 0 Å². The van der Waals surface area contributed by atoms with Gasteiger partial charge in [-0.25, -0.2) is 0 Å². The van der Waals surface area contributed by atoms with Crippen molar-refractivity contribution in [2.45, 2.75) is 13.8 Å². The fourth-order valence-corrected chi connectivity index (χ4v) is 0.863. The molecule has 0 heterocycles. The van der Waals surface area contributed by atoms with Gasteiger partial charge in [-0.3, -0.25) is 9.59 Å². The van der Waals surface area contributed by atoms with Crippen LogP contribution in [0, 0.1) is 5.92 Å². The average molecular weight is 186 g/mol. The summed E-state index contributed by atoms with van der Waals surface area (Å²) in [5, 5.41) is 0. The molecule has 0 atom stereocenters. The number of hydrogen-bond acceptors (Lipinski definition) is 2. The molecular formula is C9H18N2O2. The van der Waals surface area contributed by atoms with Crippen LogP contribution < -0.4 is 0 Å². The SMILES string of the molecule is CC(C)C(=O)N(C)CC(=O)N(C)C. The lowest BCUT2D eigenvalue weighted by Gasteiger charge is -2.20. The van der Waals surface area contributed by atoms with E-state index in [4.69, 9.17) is 0 Å². The maximum absolute atomic E-state index is 11.4. The first kappa shape index (κ1) is 11.9. The lowest BCUT2D eigenvalue weighted by atomic mass is 10.2. The highest BCUT2D eigenvalue weighted by molar-refractivity contribution is 5.85.